The lowest BCUT2D eigenvalue weighted by molar-refractivity contribution is 0.359. The Morgan fingerprint density at radius 1 is 1.15 bits per heavy atom. The average Bonchev–Trinajstić information content (AvgIpc) is 3.00. The maximum Gasteiger partial charge on any atom is 0.255 e. The zero-order valence-electron chi connectivity index (χ0n) is 14.8. The molecule has 1 aromatic carbocycles. The average molecular weight is 371 g/mol. The number of aromatic amines is 1. The summed E-state index contributed by atoms with van der Waals surface area (Å²) in [4.78, 5) is 22.5. The summed E-state index contributed by atoms with van der Waals surface area (Å²) in [5.74, 6) is 0.753. The Morgan fingerprint density at radius 3 is 2.81 bits per heavy atom. The predicted octanol–water partition coefficient (Wildman–Crippen LogP) is 3.27. The molecule has 1 fully saturated rings. The predicted molar refractivity (Wildman–Crippen MR) is 105 cm³/mol. The molecule has 0 saturated carbocycles. The van der Waals surface area contributed by atoms with Gasteiger partial charge in [-0.15, -0.1) is 0 Å². The molecule has 2 aliphatic heterocycles. The highest BCUT2D eigenvalue weighted by Crippen LogP contribution is 2.45. The number of aromatic nitrogens is 2. The minimum Gasteiger partial charge on any atom is -0.384 e. The number of fused-ring (bicyclic) bond motifs is 3. The quantitative estimate of drug-likeness (QED) is 0.808. The number of piperidine rings is 1. The minimum atomic E-state index is 0.0599. The van der Waals surface area contributed by atoms with E-state index in [0.717, 1.165) is 80.4 Å². The molecule has 1 aliphatic carbocycles. The number of aryl methyl sites for hydroxylation is 1. The normalized spacial score (nSPS) is 20.6. The fourth-order valence-corrected chi connectivity index (χ4v) is 4.97. The molecule has 3 aliphatic rings. The molecule has 6 heteroatoms. The van der Waals surface area contributed by atoms with Crippen molar-refractivity contribution in [1.29, 1.82) is 0 Å². The molecule has 5 rings (SSSR count). The summed E-state index contributed by atoms with van der Waals surface area (Å²) in [6.07, 6.45) is 6.10. The highest BCUT2D eigenvalue weighted by Gasteiger charge is 2.42. The number of H-pyrrole nitrogens is 1. The van der Waals surface area contributed by atoms with Crippen LogP contribution in [-0.2, 0) is 18.3 Å². The van der Waals surface area contributed by atoms with Gasteiger partial charge >= 0.3 is 0 Å². The summed E-state index contributed by atoms with van der Waals surface area (Å²) in [5.41, 5.74) is 4.67. The fourth-order valence-electron chi connectivity index (χ4n) is 4.80. The molecule has 0 amide bonds. The second kappa shape index (κ2) is 6.02. The number of benzene rings is 1. The summed E-state index contributed by atoms with van der Waals surface area (Å²) < 4.78 is 0. The van der Waals surface area contributed by atoms with Gasteiger partial charge in [0.15, 0.2) is 0 Å². The SMILES string of the molecule is O=c1[nH]c(N2CCC3(CC2)CNc2ccc(Cl)cc23)nc2c1CCCC2. The van der Waals surface area contributed by atoms with E-state index in [1.54, 1.807) is 0 Å². The first-order valence-electron chi connectivity index (χ1n) is 9.56. The van der Waals surface area contributed by atoms with Gasteiger partial charge in [0.25, 0.3) is 5.56 Å². The lowest BCUT2D eigenvalue weighted by Crippen LogP contribution is -2.45. The van der Waals surface area contributed by atoms with Gasteiger partial charge in [0, 0.05) is 41.3 Å². The van der Waals surface area contributed by atoms with Crippen LogP contribution < -0.4 is 15.8 Å². The van der Waals surface area contributed by atoms with E-state index in [1.165, 1.54) is 11.3 Å². The summed E-state index contributed by atoms with van der Waals surface area (Å²) in [6, 6.07) is 6.15. The molecule has 0 unspecified atom stereocenters. The molecule has 0 bridgehead atoms. The summed E-state index contributed by atoms with van der Waals surface area (Å²) in [6.45, 7) is 2.76. The lowest BCUT2D eigenvalue weighted by Gasteiger charge is -2.39. The summed E-state index contributed by atoms with van der Waals surface area (Å²) in [5, 5.41) is 4.34. The van der Waals surface area contributed by atoms with Crippen LogP contribution in [0.25, 0.3) is 0 Å². The number of rotatable bonds is 1. The maximum atomic E-state index is 12.4. The molecular weight excluding hydrogens is 348 g/mol. The van der Waals surface area contributed by atoms with Gasteiger partial charge < -0.3 is 10.2 Å². The third-order valence-corrected chi connectivity index (χ3v) is 6.60. The van der Waals surface area contributed by atoms with E-state index in [2.05, 4.69) is 27.3 Å². The number of nitrogens with zero attached hydrogens (tertiary/aromatic N) is 2. The Morgan fingerprint density at radius 2 is 1.96 bits per heavy atom. The molecule has 0 atom stereocenters. The van der Waals surface area contributed by atoms with Gasteiger partial charge in [-0.25, -0.2) is 4.98 Å². The van der Waals surface area contributed by atoms with E-state index in [4.69, 9.17) is 16.6 Å². The van der Waals surface area contributed by atoms with Crippen molar-refractivity contribution in [2.45, 2.75) is 43.9 Å². The van der Waals surface area contributed by atoms with Crippen LogP contribution in [0.1, 0.15) is 42.5 Å². The van der Waals surface area contributed by atoms with Crippen molar-refractivity contribution in [1.82, 2.24) is 9.97 Å². The molecule has 2 N–H and O–H groups in total. The molecule has 1 spiro atoms. The molecule has 26 heavy (non-hydrogen) atoms. The zero-order valence-corrected chi connectivity index (χ0v) is 15.5. The second-order valence-electron chi connectivity index (χ2n) is 7.83. The standard InChI is InChI=1S/C20H23ClN4O/c21-13-5-6-17-15(11-13)20(12-22-17)7-9-25(10-8-20)19-23-16-4-2-1-3-14(16)18(26)24-19/h5-6,11,22H,1-4,7-10,12H2,(H,23,24,26). The van der Waals surface area contributed by atoms with Crippen molar-refractivity contribution >= 4 is 23.2 Å². The number of hydrogen-bond donors (Lipinski definition) is 2. The van der Waals surface area contributed by atoms with Crippen molar-refractivity contribution in [2.24, 2.45) is 0 Å². The number of hydrogen-bond acceptors (Lipinski definition) is 4. The molecule has 2 aromatic rings. The van der Waals surface area contributed by atoms with Crippen LogP contribution in [0.3, 0.4) is 0 Å². The highest BCUT2D eigenvalue weighted by atomic mass is 35.5. The van der Waals surface area contributed by atoms with Crippen molar-refractivity contribution < 1.29 is 0 Å². The van der Waals surface area contributed by atoms with Crippen molar-refractivity contribution in [2.75, 3.05) is 29.9 Å². The molecule has 0 radical (unpaired) electrons. The first kappa shape index (κ1) is 16.2. The third kappa shape index (κ3) is 2.52. The first-order valence-corrected chi connectivity index (χ1v) is 9.93. The fraction of sp³-hybridized carbons (Fsp3) is 0.500. The van der Waals surface area contributed by atoms with Gasteiger partial charge in [0.1, 0.15) is 0 Å². The van der Waals surface area contributed by atoms with Crippen molar-refractivity contribution in [3.05, 3.63) is 50.4 Å². The molecule has 1 aromatic heterocycles. The summed E-state index contributed by atoms with van der Waals surface area (Å²) >= 11 is 6.25. The van der Waals surface area contributed by atoms with E-state index >= 15 is 0 Å². The molecule has 136 valence electrons. The van der Waals surface area contributed by atoms with Crippen molar-refractivity contribution in [3.63, 3.8) is 0 Å². The maximum absolute atomic E-state index is 12.4. The van der Waals surface area contributed by atoms with E-state index < -0.39 is 0 Å². The third-order valence-electron chi connectivity index (χ3n) is 6.37. The van der Waals surface area contributed by atoms with Crippen LogP contribution in [0.15, 0.2) is 23.0 Å². The Bertz CT molecular complexity index is 915. The first-order chi connectivity index (χ1) is 12.6. The lowest BCUT2D eigenvalue weighted by atomic mass is 9.74. The van der Waals surface area contributed by atoms with Crippen molar-refractivity contribution in [3.8, 4) is 0 Å². The molecule has 1 saturated heterocycles. The summed E-state index contributed by atoms with van der Waals surface area (Å²) in [7, 11) is 0. The Balaban J connectivity index is 1.40. The van der Waals surface area contributed by atoms with Gasteiger partial charge in [-0.3, -0.25) is 9.78 Å². The smallest absolute Gasteiger partial charge is 0.255 e. The topological polar surface area (TPSA) is 61.0 Å². The van der Waals surface area contributed by atoms with Crippen LogP contribution in [0.4, 0.5) is 11.6 Å². The minimum absolute atomic E-state index is 0.0599. The molecular formula is C20H23ClN4O. The molecule has 3 heterocycles. The van der Waals surface area contributed by atoms with Crippen LogP contribution in [0.2, 0.25) is 5.02 Å². The van der Waals surface area contributed by atoms with E-state index in [-0.39, 0.29) is 11.0 Å². The Kier molecular flexibility index (Phi) is 3.74. The van der Waals surface area contributed by atoms with Crippen LogP contribution in [0, 0.1) is 0 Å². The van der Waals surface area contributed by atoms with E-state index in [9.17, 15) is 4.79 Å². The number of halogens is 1. The Hall–Kier alpha value is -2.01. The van der Waals surface area contributed by atoms with Gasteiger partial charge in [0.2, 0.25) is 5.95 Å². The zero-order chi connectivity index (χ0) is 17.7. The van der Waals surface area contributed by atoms with E-state index in [1.807, 2.05) is 6.07 Å². The van der Waals surface area contributed by atoms with Crippen LogP contribution in [0.5, 0.6) is 0 Å². The number of nitrogens with one attached hydrogen (secondary N) is 2. The van der Waals surface area contributed by atoms with Gasteiger partial charge in [-0.2, -0.15) is 0 Å². The van der Waals surface area contributed by atoms with Gasteiger partial charge in [-0.05, 0) is 62.3 Å². The molecule has 5 nitrogen and oxygen atoms in total. The van der Waals surface area contributed by atoms with Crippen LogP contribution >= 0.6 is 11.6 Å². The highest BCUT2D eigenvalue weighted by molar-refractivity contribution is 6.30. The second-order valence-corrected chi connectivity index (χ2v) is 8.27. The Labute approximate surface area is 157 Å². The largest absolute Gasteiger partial charge is 0.384 e. The monoisotopic (exact) mass is 370 g/mol. The van der Waals surface area contributed by atoms with Crippen LogP contribution in [-0.4, -0.2) is 29.6 Å². The van der Waals surface area contributed by atoms with E-state index in [0.29, 0.717) is 0 Å². The van der Waals surface area contributed by atoms with Gasteiger partial charge in [0.05, 0.1) is 5.69 Å². The van der Waals surface area contributed by atoms with Gasteiger partial charge in [-0.1, -0.05) is 11.6 Å². The number of anilines is 2.